The lowest BCUT2D eigenvalue weighted by atomic mass is 10.1. The van der Waals surface area contributed by atoms with Gasteiger partial charge in [0.2, 0.25) is 5.91 Å². The van der Waals surface area contributed by atoms with E-state index in [1.165, 1.54) is 0 Å². The zero-order valence-corrected chi connectivity index (χ0v) is 16.8. The molecule has 0 aliphatic carbocycles. The number of benzene rings is 1. The van der Waals surface area contributed by atoms with E-state index in [-0.39, 0.29) is 18.4 Å². The molecule has 27 heavy (non-hydrogen) atoms. The van der Waals surface area contributed by atoms with Crippen LogP contribution in [0.15, 0.2) is 30.3 Å². The minimum atomic E-state index is -0.111. The normalized spacial score (nSPS) is 10.7. The van der Waals surface area contributed by atoms with Crippen LogP contribution in [0.25, 0.3) is 0 Å². The van der Waals surface area contributed by atoms with Crippen molar-refractivity contribution in [3.05, 3.63) is 52.8 Å². The number of rotatable bonds is 9. The van der Waals surface area contributed by atoms with Gasteiger partial charge in [0.05, 0.1) is 18.8 Å². The van der Waals surface area contributed by atoms with Gasteiger partial charge in [0.1, 0.15) is 0 Å². The number of aryl methyl sites for hydroxylation is 2. The number of aromatic nitrogens is 2. The number of nitrogens with zero attached hydrogens (tertiary/aromatic N) is 3. The molecule has 2 amide bonds. The molecular weight excluding hydrogens is 340 g/mol. The molecule has 0 aliphatic heterocycles. The van der Waals surface area contributed by atoms with E-state index < -0.39 is 0 Å². The first-order valence-corrected chi connectivity index (χ1v) is 9.60. The van der Waals surface area contributed by atoms with Crippen molar-refractivity contribution in [3.8, 4) is 0 Å². The molecule has 1 aromatic carbocycles. The molecule has 0 atom stereocenters. The Morgan fingerprint density at radius 2 is 1.81 bits per heavy atom. The van der Waals surface area contributed by atoms with Gasteiger partial charge in [0, 0.05) is 24.3 Å². The summed E-state index contributed by atoms with van der Waals surface area (Å²) >= 11 is 0. The number of carbonyl (C=O) groups excluding carboxylic acids is 2. The summed E-state index contributed by atoms with van der Waals surface area (Å²) in [6.07, 6.45) is 1.69. The number of nitrogens with one attached hydrogen (secondary N) is 1. The van der Waals surface area contributed by atoms with Crippen molar-refractivity contribution in [2.24, 2.45) is 0 Å². The second kappa shape index (κ2) is 9.90. The summed E-state index contributed by atoms with van der Waals surface area (Å²) in [5, 5.41) is 7.30. The van der Waals surface area contributed by atoms with Crippen LogP contribution in [0.4, 0.5) is 0 Å². The molecule has 0 bridgehead atoms. The van der Waals surface area contributed by atoms with E-state index >= 15 is 0 Å². The Bertz CT molecular complexity index is 765. The summed E-state index contributed by atoms with van der Waals surface area (Å²) in [5.74, 6) is -0.221. The van der Waals surface area contributed by atoms with Crippen LogP contribution in [0.3, 0.4) is 0 Å². The fraction of sp³-hybridized carbons (Fsp3) is 0.476. The summed E-state index contributed by atoms with van der Waals surface area (Å²) in [6.45, 7) is 9.98. The second-order valence-corrected chi connectivity index (χ2v) is 6.86. The molecule has 0 aliphatic rings. The molecule has 0 unspecified atom stereocenters. The molecule has 6 heteroatoms. The molecule has 146 valence electrons. The van der Waals surface area contributed by atoms with E-state index in [1.54, 1.807) is 4.90 Å². The van der Waals surface area contributed by atoms with Crippen molar-refractivity contribution < 1.29 is 9.59 Å². The fourth-order valence-corrected chi connectivity index (χ4v) is 2.96. The quantitative estimate of drug-likeness (QED) is 0.738. The first-order valence-electron chi connectivity index (χ1n) is 9.60. The number of carbonyl (C=O) groups is 2. The minimum absolute atomic E-state index is 0.0974. The highest BCUT2D eigenvalue weighted by molar-refractivity contribution is 5.96. The monoisotopic (exact) mass is 370 g/mol. The van der Waals surface area contributed by atoms with Gasteiger partial charge in [0.25, 0.3) is 5.91 Å². The standard InChI is InChI=1S/C21H30N4O2/c1-5-11-22-20(26)15-24(12-6-2)21(27)19-9-7-18(8-10-19)14-25-17(4)13-16(3)23-25/h7-10,13H,5-6,11-12,14-15H2,1-4H3,(H,22,26). The van der Waals surface area contributed by atoms with Gasteiger partial charge in [0.15, 0.2) is 0 Å². The van der Waals surface area contributed by atoms with Gasteiger partial charge < -0.3 is 10.2 Å². The molecule has 2 rings (SSSR count). The average molecular weight is 370 g/mol. The Hall–Kier alpha value is -2.63. The largest absolute Gasteiger partial charge is 0.355 e. The predicted octanol–water partition coefficient (Wildman–Crippen LogP) is 2.93. The molecule has 1 N–H and O–H groups in total. The van der Waals surface area contributed by atoms with E-state index in [0.717, 1.165) is 29.8 Å². The smallest absolute Gasteiger partial charge is 0.254 e. The molecule has 0 spiro atoms. The third kappa shape index (κ3) is 5.94. The maximum atomic E-state index is 12.8. The first kappa shape index (κ1) is 20.7. The van der Waals surface area contributed by atoms with Crippen LogP contribution in [-0.4, -0.2) is 46.1 Å². The molecular formula is C21H30N4O2. The third-order valence-corrected chi connectivity index (χ3v) is 4.32. The van der Waals surface area contributed by atoms with Gasteiger partial charge in [-0.05, 0) is 50.5 Å². The summed E-state index contributed by atoms with van der Waals surface area (Å²) in [4.78, 5) is 26.4. The number of hydrogen-bond donors (Lipinski definition) is 1. The molecule has 6 nitrogen and oxygen atoms in total. The van der Waals surface area contributed by atoms with Crippen molar-refractivity contribution in [2.45, 2.75) is 47.1 Å². The van der Waals surface area contributed by atoms with E-state index in [2.05, 4.69) is 10.4 Å². The Morgan fingerprint density at radius 1 is 1.11 bits per heavy atom. The van der Waals surface area contributed by atoms with Crippen LogP contribution in [0.5, 0.6) is 0 Å². The zero-order valence-electron chi connectivity index (χ0n) is 16.8. The van der Waals surface area contributed by atoms with E-state index in [0.29, 0.717) is 25.2 Å². The highest BCUT2D eigenvalue weighted by Crippen LogP contribution is 2.11. The van der Waals surface area contributed by atoms with Crippen LogP contribution >= 0.6 is 0 Å². The molecule has 0 saturated heterocycles. The van der Waals surface area contributed by atoms with E-state index in [4.69, 9.17) is 0 Å². The van der Waals surface area contributed by atoms with Crippen molar-refractivity contribution >= 4 is 11.8 Å². The topological polar surface area (TPSA) is 67.2 Å². The lowest BCUT2D eigenvalue weighted by Crippen LogP contribution is -2.41. The fourth-order valence-electron chi connectivity index (χ4n) is 2.96. The predicted molar refractivity (Wildman–Crippen MR) is 107 cm³/mol. The summed E-state index contributed by atoms with van der Waals surface area (Å²) in [7, 11) is 0. The second-order valence-electron chi connectivity index (χ2n) is 6.86. The number of amides is 2. The van der Waals surface area contributed by atoms with Crippen molar-refractivity contribution in [2.75, 3.05) is 19.6 Å². The summed E-state index contributed by atoms with van der Waals surface area (Å²) in [6, 6.07) is 9.60. The highest BCUT2D eigenvalue weighted by atomic mass is 16.2. The Balaban J connectivity index is 2.05. The Labute approximate surface area is 161 Å². The molecule has 2 aromatic rings. The molecule has 0 fully saturated rings. The highest BCUT2D eigenvalue weighted by Gasteiger charge is 2.18. The van der Waals surface area contributed by atoms with Crippen molar-refractivity contribution in [1.82, 2.24) is 20.0 Å². The van der Waals surface area contributed by atoms with Gasteiger partial charge in [-0.25, -0.2) is 0 Å². The van der Waals surface area contributed by atoms with Crippen LogP contribution in [-0.2, 0) is 11.3 Å². The lowest BCUT2D eigenvalue weighted by molar-refractivity contribution is -0.121. The van der Waals surface area contributed by atoms with E-state index in [1.807, 2.05) is 62.7 Å². The maximum absolute atomic E-state index is 12.8. The van der Waals surface area contributed by atoms with Gasteiger partial charge in [-0.1, -0.05) is 26.0 Å². The number of hydrogen-bond acceptors (Lipinski definition) is 3. The van der Waals surface area contributed by atoms with E-state index in [9.17, 15) is 9.59 Å². The van der Waals surface area contributed by atoms with Crippen LogP contribution in [0.1, 0.15) is 54.0 Å². The molecule has 1 aromatic heterocycles. The van der Waals surface area contributed by atoms with Gasteiger partial charge >= 0.3 is 0 Å². The molecule has 1 heterocycles. The van der Waals surface area contributed by atoms with Crippen molar-refractivity contribution in [3.63, 3.8) is 0 Å². The van der Waals surface area contributed by atoms with Gasteiger partial charge in [-0.2, -0.15) is 5.10 Å². The Morgan fingerprint density at radius 3 is 2.37 bits per heavy atom. The molecule has 0 saturated carbocycles. The van der Waals surface area contributed by atoms with Crippen LogP contribution < -0.4 is 5.32 Å². The average Bonchev–Trinajstić information content (AvgIpc) is 2.96. The SMILES string of the molecule is CCCNC(=O)CN(CCC)C(=O)c1ccc(Cn2nc(C)cc2C)cc1. The van der Waals surface area contributed by atoms with Crippen molar-refractivity contribution in [1.29, 1.82) is 0 Å². The Kier molecular flexibility index (Phi) is 7.58. The maximum Gasteiger partial charge on any atom is 0.254 e. The molecule has 0 radical (unpaired) electrons. The first-order chi connectivity index (χ1) is 12.9. The zero-order chi connectivity index (χ0) is 19.8. The van der Waals surface area contributed by atoms with Gasteiger partial charge in [-0.3, -0.25) is 14.3 Å². The third-order valence-electron chi connectivity index (χ3n) is 4.32. The summed E-state index contributed by atoms with van der Waals surface area (Å²) < 4.78 is 1.95. The minimum Gasteiger partial charge on any atom is -0.355 e. The van der Waals surface area contributed by atoms with Gasteiger partial charge in [-0.15, -0.1) is 0 Å². The van der Waals surface area contributed by atoms with Crippen LogP contribution in [0, 0.1) is 13.8 Å². The lowest BCUT2D eigenvalue weighted by Gasteiger charge is -2.21. The summed E-state index contributed by atoms with van der Waals surface area (Å²) in [5.41, 5.74) is 3.79. The van der Waals surface area contributed by atoms with Crippen LogP contribution in [0.2, 0.25) is 0 Å².